The summed E-state index contributed by atoms with van der Waals surface area (Å²) in [5.74, 6) is 0.976. The number of aliphatic hydroxyl groups excluding tert-OH is 1. The molecule has 23 heavy (non-hydrogen) atoms. The van der Waals surface area contributed by atoms with E-state index in [1.165, 1.54) is 0 Å². The summed E-state index contributed by atoms with van der Waals surface area (Å²) in [5.41, 5.74) is 1.77. The van der Waals surface area contributed by atoms with Crippen LogP contribution in [0.15, 0.2) is 18.2 Å². The van der Waals surface area contributed by atoms with Crippen LogP contribution < -0.4 is 15.4 Å². The summed E-state index contributed by atoms with van der Waals surface area (Å²) in [7, 11) is 0. The maximum absolute atomic E-state index is 12.2. The van der Waals surface area contributed by atoms with E-state index in [-0.39, 0.29) is 23.4 Å². The van der Waals surface area contributed by atoms with Crippen LogP contribution in [0.4, 0.5) is 4.79 Å². The van der Waals surface area contributed by atoms with E-state index >= 15 is 0 Å². The molecule has 1 aromatic carbocycles. The molecule has 0 aromatic heterocycles. The molecule has 0 radical (unpaired) electrons. The van der Waals surface area contributed by atoms with E-state index in [9.17, 15) is 9.90 Å². The molecular weight excluding hydrogens is 292 g/mol. The fourth-order valence-corrected chi connectivity index (χ4v) is 2.98. The molecule has 2 unspecified atom stereocenters. The highest BCUT2D eigenvalue weighted by Gasteiger charge is 2.31. The summed E-state index contributed by atoms with van der Waals surface area (Å²) in [6, 6.07) is 5.60. The summed E-state index contributed by atoms with van der Waals surface area (Å²) >= 11 is 0. The molecule has 0 fully saturated rings. The smallest absolute Gasteiger partial charge is 0.315 e. The molecule has 3 N–H and O–H groups in total. The predicted molar refractivity (Wildman–Crippen MR) is 90.6 cm³/mol. The molecule has 1 aromatic rings. The molecule has 128 valence electrons. The minimum absolute atomic E-state index is 0.136. The molecule has 0 bridgehead atoms. The van der Waals surface area contributed by atoms with Gasteiger partial charge in [0.2, 0.25) is 0 Å². The van der Waals surface area contributed by atoms with Crippen LogP contribution in [0, 0.1) is 18.3 Å². The Morgan fingerprint density at radius 1 is 1.43 bits per heavy atom. The van der Waals surface area contributed by atoms with Crippen LogP contribution >= 0.6 is 0 Å². The number of nitrogens with one attached hydrogen (secondary N) is 2. The molecule has 0 spiro atoms. The zero-order valence-corrected chi connectivity index (χ0v) is 14.6. The zero-order valence-electron chi connectivity index (χ0n) is 14.6. The minimum Gasteiger partial charge on any atom is -0.491 e. The molecular formula is C18H28N2O3. The molecule has 5 nitrogen and oxygen atoms in total. The highest BCUT2D eigenvalue weighted by molar-refractivity contribution is 5.74. The van der Waals surface area contributed by atoms with Crippen LogP contribution in [0.5, 0.6) is 5.75 Å². The first-order valence-corrected chi connectivity index (χ1v) is 8.16. The first-order chi connectivity index (χ1) is 10.7. The minimum atomic E-state index is -0.471. The molecule has 5 heteroatoms. The van der Waals surface area contributed by atoms with E-state index in [4.69, 9.17) is 4.74 Å². The number of benzene rings is 1. The van der Waals surface area contributed by atoms with Crippen molar-refractivity contribution >= 4 is 6.03 Å². The maximum atomic E-state index is 12.2. The number of hydrogen-bond acceptors (Lipinski definition) is 3. The van der Waals surface area contributed by atoms with E-state index in [1.54, 1.807) is 0 Å². The van der Waals surface area contributed by atoms with E-state index in [2.05, 4.69) is 10.6 Å². The summed E-state index contributed by atoms with van der Waals surface area (Å²) in [6.07, 6.45) is -0.471. The number of ether oxygens (including phenoxy) is 1. The predicted octanol–water partition coefficient (Wildman–Crippen LogP) is 2.77. The fourth-order valence-electron chi connectivity index (χ4n) is 2.98. The maximum Gasteiger partial charge on any atom is 0.315 e. The molecule has 1 heterocycles. The van der Waals surface area contributed by atoms with Gasteiger partial charge in [0, 0.05) is 17.5 Å². The molecule has 1 aliphatic heterocycles. The first kappa shape index (κ1) is 17.6. The van der Waals surface area contributed by atoms with Crippen molar-refractivity contribution in [2.24, 2.45) is 11.3 Å². The van der Waals surface area contributed by atoms with Gasteiger partial charge < -0.3 is 20.5 Å². The lowest BCUT2D eigenvalue weighted by Gasteiger charge is -2.33. The van der Waals surface area contributed by atoms with Gasteiger partial charge in [0.05, 0.1) is 12.1 Å². The third kappa shape index (κ3) is 4.16. The normalized spacial score (nSPS) is 18.3. The Morgan fingerprint density at radius 2 is 2.13 bits per heavy atom. The van der Waals surface area contributed by atoms with Gasteiger partial charge in [-0.2, -0.15) is 0 Å². The Balaban J connectivity index is 1.91. The van der Waals surface area contributed by atoms with Gasteiger partial charge in [-0.15, -0.1) is 0 Å². The van der Waals surface area contributed by atoms with Gasteiger partial charge in [-0.3, -0.25) is 0 Å². The van der Waals surface area contributed by atoms with Crippen molar-refractivity contribution in [1.29, 1.82) is 0 Å². The van der Waals surface area contributed by atoms with Crippen molar-refractivity contribution in [3.05, 3.63) is 29.3 Å². The van der Waals surface area contributed by atoms with Gasteiger partial charge in [0.25, 0.3) is 0 Å². The highest BCUT2D eigenvalue weighted by Crippen LogP contribution is 2.32. The number of urea groups is 1. The van der Waals surface area contributed by atoms with E-state index in [1.807, 2.05) is 52.8 Å². The third-order valence-electron chi connectivity index (χ3n) is 4.39. The second-order valence-corrected chi connectivity index (χ2v) is 7.41. The Hall–Kier alpha value is -1.75. The van der Waals surface area contributed by atoms with Crippen molar-refractivity contribution in [2.45, 2.75) is 46.8 Å². The number of aryl methyl sites for hydroxylation is 1. The zero-order chi connectivity index (χ0) is 17.2. The van der Waals surface area contributed by atoms with Crippen LogP contribution in [-0.2, 0) is 0 Å². The van der Waals surface area contributed by atoms with Crippen molar-refractivity contribution < 1.29 is 14.6 Å². The van der Waals surface area contributed by atoms with Crippen LogP contribution in [0.25, 0.3) is 0 Å². The van der Waals surface area contributed by atoms with Crippen LogP contribution in [-0.4, -0.2) is 30.4 Å². The van der Waals surface area contributed by atoms with Crippen LogP contribution in [0.2, 0.25) is 0 Å². The second kappa shape index (κ2) is 6.79. The Labute approximate surface area is 138 Å². The molecule has 2 amide bonds. The molecule has 0 saturated carbocycles. The number of aliphatic hydroxyl groups is 1. The number of carbonyl (C=O) groups excluding carboxylic acids is 1. The van der Waals surface area contributed by atoms with E-state index in [0.717, 1.165) is 16.9 Å². The summed E-state index contributed by atoms with van der Waals surface area (Å²) in [6.45, 7) is 10.7. The monoisotopic (exact) mass is 320 g/mol. The third-order valence-corrected chi connectivity index (χ3v) is 4.39. The Morgan fingerprint density at radius 3 is 2.78 bits per heavy atom. The average molecular weight is 320 g/mol. The number of fused-ring (bicyclic) bond motifs is 1. The van der Waals surface area contributed by atoms with Gasteiger partial charge in [0.15, 0.2) is 0 Å². The van der Waals surface area contributed by atoms with Gasteiger partial charge in [-0.1, -0.05) is 45.4 Å². The number of rotatable bonds is 5. The quantitative estimate of drug-likeness (QED) is 0.781. The summed E-state index contributed by atoms with van der Waals surface area (Å²) in [5, 5.41) is 16.0. The highest BCUT2D eigenvalue weighted by atomic mass is 16.5. The van der Waals surface area contributed by atoms with Crippen LogP contribution in [0.3, 0.4) is 0 Å². The first-order valence-electron chi connectivity index (χ1n) is 8.16. The molecule has 2 rings (SSSR count). The Bertz CT molecular complexity index is 569. The van der Waals surface area contributed by atoms with Crippen molar-refractivity contribution in [1.82, 2.24) is 10.6 Å². The van der Waals surface area contributed by atoms with E-state index in [0.29, 0.717) is 13.2 Å². The largest absolute Gasteiger partial charge is 0.491 e. The topological polar surface area (TPSA) is 70.6 Å². The van der Waals surface area contributed by atoms with Gasteiger partial charge in [-0.05, 0) is 18.9 Å². The summed E-state index contributed by atoms with van der Waals surface area (Å²) in [4.78, 5) is 12.2. The SMILES string of the molecule is Cc1ccc2c(c1)C(NC(=O)NCC(C)(C)C(O)C(C)C)CO2. The van der Waals surface area contributed by atoms with Crippen molar-refractivity contribution in [3.63, 3.8) is 0 Å². The van der Waals surface area contributed by atoms with Gasteiger partial charge >= 0.3 is 6.03 Å². The molecule has 2 atom stereocenters. The second-order valence-electron chi connectivity index (χ2n) is 7.41. The lowest BCUT2D eigenvalue weighted by atomic mass is 9.81. The van der Waals surface area contributed by atoms with Gasteiger partial charge in [0.1, 0.15) is 12.4 Å². The van der Waals surface area contributed by atoms with E-state index < -0.39 is 6.10 Å². The average Bonchev–Trinajstić information content (AvgIpc) is 2.86. The molecule has 1 aliphatic rings. The number of hydrogen-bond donors (Lipinski definition) is 3. The fraction of sp³-hybridized carbons (Fsp3) is 0.611. The van der Waals surface area contributed by atoms with Gasteiger partial charge in [-0.25, -0.2) is 4.79 Å². The number of amides is 2. The molecule has 0 saturated heterocycles. The molecule has 0 aliphatic carbocycles. The lowest BCUT2D eigenvalue weighted by Crippen LogP contribution is -2.47. The van der Waals surface area contributed by atoms with Crippen molar-refractivity contribution in [2.75, 3.05) is 13.2 Å². The Kier molecular flexibility index (Phi) is 5.19. The van der Waals surface area contributed by atoms with Crippen LogP contribution in [0.1, 0.15) is 44.9 Å². The van der Waals surface area contributed by atoms with Crippen molar-refractivity contribution in [3.8, 4) is 5.75 Å². The standard InChI is InChI=1S/C18H28N2O3/c1-11(2)16(21)18(4,5)10-19-17(22)20-14-9-23-15-7-6-12(3)8-13(14)15/h6-8,11,14,16,21H,9-10H2,1-5H3,(H2,19,20,22). The summed E-state index contributed by atoms with van der Waals surface area (Å²) < 4.78 is 5.60. The lowest BCUT2D eigenvalue weighted by molar-refractivity contribution is 0.0151. The number of carbonyl (C=O) groups is 1.